The quantitative estimate of drug-likeness (QED) is 0.470. The number of carbonyl (C=O) groups is 2. The van der Waals surface area contributed by atoms with Gasteiger partial charge >= 0.3 is 0 Å². The van der Waals surface area contributed by atoms with E-state index in [1.165, 1.54) is 16.7 Å². The largest absolute Gasteiger partial charge is 0.493 e. The summed E-state index contributed by atoms with van der Waals surface area (Å²) in [6, 6.07) is 9.80. The van der Waals surface area contributed by atoms with E-state index in [9.17, 15) is 9.59 Å². The molecule has 1 aliphatic heterocycles. The fraction of sp³-hybridized carbons (Fsp3) is 0.533. The molecule has 2 aromatic rings. The van der Waals surface area contributed by atoms with Gasteiger partial charge in [-0.25, -0.2) is 0 Å². The van der Waals surface area contributed by atoms with Crippen molar-refractivity contribution in [3.05, 3.63) is 52.6 Å². The van der Waals surface area contributed by atoms with Crippen molar-refractivity contribution < 1.29 is 28.5 Å². The Morgan fingerprint density at radius 1 is 1.08 bits per heavy atom. The summed E-state index contributed by atoms with van der Waals surface area (Å²) in [6.07, 6.45) is 4.09. The van der Waals surface area contributed by atoms with Gasteiger partial charge in [0, 0.05) is 13.0 Å². The Labute approximate surface area is 220 Å². The molecule has 2 aromatic carbocycles. The number of aryl methyl sites for hydroxylation is 2. The fourth-order valence-electron chi connectivity index (χ4n) is 5.14. The summed E-state index contributed by atoms with van der Waals surface area (Å²) in [5, 5.41) is 0. The lowest BCUT2D eigenvalue weighted by Gasteiger charge is -2.37. The minimum Gasteiger partial charge on any atom is -0.493 e. The molecule has 200 valence electrons. The Morgan fingerprint density at radius 3 is 2.59 bits per heavy atom. The van der Waals surface area contributed by atoms with Crippen molar-refractivity contribution >= 4 is 11.7 Å². The molecule has 0 saturated carbocycles. The topological polar surface area (TPSA) is 74.3 Å². The third-order valence-corrected chi connectivity index (χ3v) is 7.20. The molecule has 1 atom stereocenters. The Hall–Kier alpha value is -3.06. The van der Waals surface area contributed by atoms with Crippen molar-refractivity contribution in [3.8, 4) is 17.2 Å². The number of benzene rings is 2. The smallest absolute Gasteiger partial charge is 0.266 e. The number of rotatable bonds is 10. The molecule has 7 nitrogen and oxygen atoms in total. The lowest BCUT2D eigenvalue weighted by Crippen LogP contribution is -2.55. The van der Waals surface area contributed by atoms with Gasteiger partial charge in [-0.1, -0.05) is 12.1 Å². The highest BCUT2D eigenvalue weighted by atomic mass is 16.5. The van der Waals surface area contributed by atoms with Gasteiger partial charge in [-0.3, -0.25) is 4.79 Å². The van der Waals surface area contributed by atoms with Gasteiger partial charge in [-0.05, 0) is 93.8 Å². The van der Waals surface area contributed by atoms with Crippen molar-refractivity contribution in [2.24, 2.45) is 0 Å². The maximum Gasteiger partial charge on any atom is 0.266 e. The van der Waals surface area contributed by atoms with Crippen molar-refractivity contribution in [3.63, 3.8) is 0 Å². The first kappa shape index (κ1) is 27.0. The lowest BCUT2D eigenvalue weighted by atomic mass is 10.0. The van der Waals surface area contributed by atoms with Crippen molar-refractivity contribution in [1.82, 2.24) is 4.90 Å². The molecule has 0 aromatic heterocycles. The molecule has 1 amide bonds. The summed E-state index contributed by atoms with van der Waals surface area (Å²) in [6.45, 7) is 9.09. The predicted octanol–water partition coefficient (Wildman–Crippen LogP) is 4.48. The molecule has 1 unspecified atom stereocenters. The molecule has 1 aliphatic carbocycles. The molecule has 1 heterocycles. The average Bonchev–Trinajstić information content (AvgIpc) is 3.39. The number of ether oxygens (including phenoxy) is 4. The molecule has 2 aliphatic rings. The van der Waals surface area contributed by atoms with E-state index in [1.807, 2.05) is 43.0 Å². The molecular weight excluding hydrogens is 470 g/mol. The van der Waals surface area contributed by atoms with Crippen LogP contribution in [-0.4, -0.2) is 61.7 Å². The van der Waals surface area contributed by atoms with Crippen LogP contribution >= 0.6 is 0 Å². The van der Waals surface area contributed by atoms with Crippen molar-refractivity contribution in [1.29, 1.82) is 0 Å². The summed E-state index contributed by atoms with van der Waals surface area (Å²) in [4.78, 5) is 26.6. The summed E-state index contributed by atoms with van der Waals surface area (Å²) in [5.74, 6) is 2.15. The highest BCUT2D eigenvalue weighted by Gasteiger charge is 2.38. The van der Waals surface area contributed by atoms with Crippen LogP contribution in [-0.2, 0) is 33.6 Å². The van der Waals surface area contributed by atoms with E-state index in [4.69, 9.17) is 18.9 Å². The third-order valence-electron chi connectivity index (χ3n) is 7.20. The molecule has 4 rings (SSSR count). The maximum atomic E-state index is 13.5. The molecule has 0 N–H and O–H groups in total. The van der Waals surface area contributed by atoms with Crippen LogP contribution in [0, 0.1) is 6.92 Å². The van der Waals surface area contributed by atoms with Crippen LogP contribution in [0.5, 0.6) is 17.2 Å². The van der Waals surface area contributed by atoms with Gasteiger partial charge in [0.05, 0.1) is 20.3 Å². The molecular formula is C30H39NO6. The number of nitrogens with zero attached hydrogens (tertiary/aromatic N) is 1. The first-order valence-electron chi connectivity index (χ1n) is 13.2. The normalized spacial score (nSPS) is 17.3. The number of carbonyl (C=O) groups excluding carboxylic acids is 2. The van der Waals surface area contributed by atoms with Crippen LogP contribution < -0.4 is 14.2 Å². The fourth-order valence-corrected chi connectivity index (χ4v) is 5.14. The Morgan fingerprint density at radius 2 is 1.84 bits per heavy atom. The van der Waals surface area contributed by atoms with Crippen molar-refractivity contribution in [2.75, 3.05) is 33.4 Å². The number of hydrogen-bond donors (Lipinski definition) is 0. The van der Waals surface area contributed by atoms with Crippen LogP contribution in [0.15, 0.2) is 30.3 Å². The van der Waals surface area contributed by atoms with Crippen LogP contribution in [0.25, 0.3) is 0 Å². The van der Waals surface area contributed by atoms with Crippen molar-refractivity contribution in [2.45, 2.75) is 71.5 Å². The van der Waals surface area contributed by atoms with Gasteiger partial charge < -0.3 is 28.6 Å². The molecule has 0 bridgehead atoms. The summed E-state index contributed by atoms with van der Waals surface area (Å²) in [5.41, 5.74) is 3.93. The number of ketones is 1. The van der Waals surface area contributed by atoms with E-state index in [1.54, 1.807) is 14.0 Å². The zero-order chi connectivity index (χ0) is 26.6. The zero-order valence-corrected chi connectivity index (χ0v) is 22.7. The highest BCUT2D eigenvalue weighted by Crippen LogP contribution is 2.35. The summed E-state index contributed by atoms with van der Waals surface area (Å²) >= 11 is 0. The van der Waals surface area contributed by atoms with Crippen LogP contribution in [0.1, 0.15) is 55.9 Å². The number of amides is 1. The minimum atomic E-state index is -0.993. The van der Waals surface area contributed by atoms with E-state index in [0.717, 1.165) is 30.6 Å². The summed E-state index contributed by atoms with van der Waals surface area (Å²) in [7, 11) is 1.60. The molecule has 37 heavy (non-hydrogen) atoms. The second-order valence-corrected chi connectivity index (χ2v) is 10.5. The molecule has 0 radical (unpaired) electrons. The molecule has 7 heteroatoms. The Kier molecular flexibility index (Phi) is 8.42. The number of morpholine rings is 1. The lowest BCUT2D eigenvalue weighted by molar-refractivity contribution is -0.153. The maximum absolute atomic E-state index is 13.5. The van der Waals surface area contributed by atoms with Gasteiger partial charge in [-0.15, -0.1) is 0 Å². The first-order chi connectivity index (χ1) is 17.7. The van der Waals surface area contributed by atoms with Gasteiger partial charge in [-0.2, -0.15) is 0 Å². The minimum absolute atomic E-state index is 0.0551. The van der Waals surface area contributed by atoms with Gasteiger partial charge in [0.1, 0.15) is 24.2 Å². The Bertz CT molecular complexity index is 1140. The van der Waals surface area contributed by atoms with Gasteiger partial charge in [0.25, 0.3) is 5.91 Å². The molecule has 1 fully saturated rings. The van der Waals surface area contributed by atoms with E-state index in [-0.39, 0.29) is 17.8 Å². The zero-order valence-electron chi connectivity index (χ0n) is 22.7. The number of methoxy groups -OCH3 is 1. The second kappa shape index (κ2) is 11.5. The monoisotopic (exact) mass is 509 g/mol. The Balaban J connectivity index is 1.36. The van der Waals surface area contributed by atoms with Crippen LogP contribution in [0.4, 0.5) is 0 Å². The van der Waals surface area contributed by atoms with E-state index < -0.39 is 5.60 Å². The van der Waals surface area contributed by atoms with E-state index in [2.05, 4.69) is 13.0 Å². The standard InChI is InChI=1S/C30H39NO6/c1-20-9-13-26(25-8-6-7-24(20)25)37-30(3,4)29(33)31-15-16-35-23(18-31)19-36-27-14-12-22(11-10-21(2)32)17-28(27)34-5/h9,12-14,17,23H,6-8,10-11,15-16,18-19H2,1-5H3. The average molecular weight is 510 g/mol. The van der Waals surface area contributed by atoms with Gasteiger partial charge in [0.15, 0.2) is 17.1 Å². The van der Waals surface area contributed by atoms with E-state index in [0.29, 0.717) is 50.6 Å². The highest BCUT2D eigenvalue weighted by molar-refractivity contribution is 5.85. The van der Waals surface area contributed by atoms with Crippen LogP contribution in [0.2, 0.25) is 0 Å². The predicted molar refractivity (Wildman–Crippen MR) is 142 cm³/mol. The number of fused-ring (bicyclic) bond motifs is 1. The second-order valence-electron chi connectivity index (χ2n) is 10.5. The number of Topliss-reactive ketones (excluding diaryl/α,β-unsaturated/α-hetero) is 1. The summed E-state index contributed by atoms with van der Waals surface area (Å²) < 4.78 is 23.8. The number of hydrogen-bond acceptors (Lipinski definition) is 6. The third kappa shape index (κ3) is 6.45. The molecule has 1 saturated heterocycles. The van der Waals surface area contributed by atoms with Gasteiger partial charge in [0.2, 0.25) is 0 Å². The molecule has 0 spiro atoms. The van der Waals surface area contributed by atoms with Crippen LogP contribution in [0.3, 0.4) is 0 Å². The SMILES string of the molecule is COc1cc(CCC(C)=O)ccc1OCC1CN(C(=O)C(C)(C)Oc2ccc(C)c3c2CCC3)CCO1. The first-order valence-corrected chi connectivity index (χ1v) is 13.2. The van der Waals surface area contributed by atoms with E-state index >= 15 is 0 Å².